The van der Waals surface area contributed by atoms with Crippen LogP contribution in [0, 0.1) is 13.8 Å². The fourth-order valence-electron chi connectivity index (χ4n) is 3.04. The third-order valence-electron chi connectivity index (χ3n) is 4.55. The number of hydrogen-bond donors (Lipinski definition) is 3. The number of Topliss-reactive ketones (excluding diaryl/α,β-unsaturated/α-hetero) is 1. The summed E-state index contributed by atoms with van der Waals surface area (Å²) < 4.78 is 0. The highest BCUT2D eigenvalue weighted by Gasteiger charge is 2.16. The summed E-state index contributed by atoms with van der Waals surface area (Å²) in [6.45, 7) is 3.61. The number of ketones is 1. The van der Waals surface area contributed by atoms with Crippen molar-refractivity contribution in [3.8, 4) is 11.1 Å². The normalized spacial score (nSPS) is 10.4. The van der Waals surface area contributed by atoms with Gasteiger partial charge in [-0.2, -0.15) is 0 Å². The first-order valence-electron chi connectivity index (χ1n) is 9.39. The maximum absolute atomic E-state index is 12.7. The Labute approximate surface area is 184 Å². The van der Waals surface area contributed by atoms with Crippen LogP contribution >= 0.6 is 11.6 Å². The molecular formula is C23H20ClN3O4. The Kier molecular flexibility index (Phi) is 6.67. The number of amides is 2. The van der Waals surface area contributed by atoms with E-state index in [1.54, 1.807) is 37.4 Å². The van der Waals surface area contributed by atoms with Gasteiger partial charge in [0.05, 0.1) is 17.8 Å². The van der Waals surface area contributed by atoms with Gasteiger partial charge in [0.2, 0.25) is 5.91 Å². The van der Waals surface area contributed by atoms with Crippen molar-refractivity contribution in [2.45, 2.75) is 20.3 Å². The molecule has 8 heteroatoms. The molecule has 1 heterocycles. The van der Waals surface area contributed by atoms with Crippen LogP contribution in [0.4, 0.5) is 16.2 Å². The van der Waals surface area contributed by atoms with E-state index in [1.807, 2.05) is 25.1 Å². The minimum Gasteiger partial charge on any atom is -0.465 e. The lowest BCUT2D eigenvalue weighted by atomic mass is 10.0. The standard InChI is InChI=1S/C23H20ClN3O4/c1-13-8-19(20(11-18(13)24)27-23(30)31)26-22(29)12-21(28)17-5-3-4-15(10-17)16-6-7-25-14(2)9-16/h3-11,27H,12H2,1-2H3,(H,26,29)(H,30,31). The van der Waals surface area contributed by atoms with Crippen molar-refractivity contribution < 1.29 is 19.5 Å². The first-order chi connectivity index (χ1) is 14.7. The number of nitrogens with one attached hydrogen (secondary N) is 2. The highest BCUT2D eigenvalue weighted by atomic mass is 35.5. The quantitative estimate of drug-likeness (QED) is 0.357. The van der Waals surface area contributed by atoms with Crippen molar-refractivity contribution in [1.82, 2.24) is 4.98 Å². The molecule has 2 aromatic carbocycles. The first kappa shape index (κ1) is 22.0. The number of hydrogen-bond acceptors (Lipinski definition) is 4. The largest absolute Gasteiger partial charge is 0.465 e. The molecule has 3 rings (SSSR count). The van der Waals surface area contributed by atoms with E-state index >= 15 is 0 Å². The highest BCUT2D eigenvalue weighted by Crippen LogP contribution is 2.29. The van der Waals surface area contributed by atoms with E-state index < -0.39 is 18.4 Å². The summed E-state index contributed by atoms with van der Waals surface area (Å²) in [7, 11) is 0. The van der Waals surface area contributed by atoms with Crippen LogP contribution in [-0.4, -0.2) is 27.9 Å². The van der Waals surface area contributed by atoms with Crippen LogP contribution in [0.2, 0.25) is 5.02 Å². The second-order valence-electron chi connectivity index (χ2n) is 6.99. The number of halogens is 1. The zero-order valence-electron chi connectivity index (χ0n) is 16.9. The summed E-state index contributed by atoms with van der Waals surface area (Å²) in [5.41, 5.74) is 4.03. The molecule has 0 spiro atoms. The van der Waals surface area contributed by atoms with Crippen molar-refractivity contribution >= 4 is 40.8 Å². The second kappa shape index (κ2) is 9.40. The number of anilines is 2. The van der Waals surface area contributed by atoms with Gasteiger partial charge in [0, 0.05) is 22.5 Å². The van der Waals surface area contributed by atoms with Crippen LogP contribution in [0.5, 0.6) is 0 Å². The van der Waals surface area contributed by atoms with Crippen LogP contribution in [0.25, 0.3) is 11.1 Å². The summed E-state index contributed by atoms with van der Waals surface area (Å²) in [4.78, 5) is 40.3. The van der Waals surface area contributed by atoms with E-state index in [9.17, 15) is 14.4 Å². The first-order valence-corrected chi connectivity index (χ1v) is 9.77. The molecule has 1 aromatic heterocycles. The van der Waals surface area contributed by atoms with Gasteiger partial charge in [-0.05, 0) is 60.9 Å². The highest BCUT2D eigenvalue weighted by molar-refractivity contribution is 6.32. The molecule has 7 nitrogen and oxygen atoms in total. The number of benzene rings is 2. The SMILES string of the molecule is Cc1cc(-c2cccc(C(=O)CC(=O)Nc3cc(C)c(Cl)cc3NC(=O)O)c2)ccn1. The van der Waals surface area contributed by atoms with Crippen molar-refractivity contribution in [2.24, 2.45) is 0 Å². The fraction of sp³-hybridized carbons (Fsp3) is 0.130. The van der Waals surface area contributed by atoms with E-state index in [4.69, 9.17) is 16.7 Å². The van der Waals surface area contributed by atoms with Gasteiger partial charge < -0.3 is 10.4 Å². The molecule has 0 aliphatic carbocycles. The van der Waals surface area contributed by atoms with E-state index in [0.29, 0.717) is 16.1 Å². The number of carboxylic acid groups (broad SMARTS) is 1. The monoisotopic (exact) mass is 437 g/mol. The van der Waals surface area contributed by atoms with Gasteiger partial charge in [-0.25, -0.2) is 4.79 Å². The van der Waals surface area contributed by atoms with E-state index in [0.717, 1.165) is 16.8 Å². The number of carbonyl (C=O) groups excluding carboxylic acids is 2. The number of aromatic nitrogens is 1. The fourth-order valence-corrected chi connectivity index (χ4v) is 3.21. The Bertz CT molecular complexity index is 1180. The third kappa shape index (κ3) is 5.67. The molecule has 0 radical (unpaired) electrons. The molecule has 0 fully saturated rings. The Balaban J connectivity index is 1.76. The molecule has 3 aromatic rings. The summed E-state index contributed by atoms with van der Waals surface area (Å²) in [5.74, 6) is -0.922. The number of aryl methyl sites for hydroxylation is 2. The van der Waals surface area contributed by atoms with Crippen molar-refractivity contribution in [3.05, 3.63) is 76.6 Å². The van der Waals surface area contributed by atoms with Crippen molar-refractivity contribution in [2.75, 3.05) is 10.6 Å². The predicted molar refractivity (Wildman–Crippen MR) is 120 cm³/mol. The topological polar surface area (TPSA) is 108 Å². The Morgan fingerprint density at radius 3 is 2.39 bits per heavy atom. The summed E-state index contributed by atoms with van der Waals surface area (Å²) in [5, 5.41) is 14.1. The molecule has 0 bridgehead atoms. The van der Waals surface area contributed by atoms with Crippen LogP contribution in [-0.2, 0) is 4.79 Å². The Morgan fingerprint density at radius 1 is 0.968 bits per heavy atom. The molecule has 0 aliphatic rings. The van der Waals surface area contributed by atoms with Crippen LogP contribution < -0.4 is 10.6 Å². The molecule has 158 valence electrons. The molecule has 31 heavy (non-hydrogen) atoms. The number of rotatable bonds is 6. The Morgan fingerprint density at radius 2 is 1.68 bits per heavy atom. The average molecular weight is 438 g/mol. The minimum absolute atomic E-state index is 0.124. The summed E-state index contributed by atoms with van der Waals surface area (Å²) in [6, 6.07) is 13.7. The van der Waals surface area contributed by atoms with E-state index in [2.05, 4.69) is 15.6 Å². The lowest BCUT2D eigenvalue weighted by Gasteiger charge is -2.13. The van der Waals surface area contributed by atoms with Gasteiger partial charge in [0.15, 0.2) is 5.78 Å². The number of pyridine rings is 1. The van der Waals surface area contributed by atoms with Crippen LogP contribution in [0.3, 0.4) is 0 Å². The molecule has 0 saturated heterocycles. The average Bonchev–Trinajstić information content (AvgIpc) is 2.71. The van der Waals surface area contributed by atoms with Gasteiger partial charge in [-0.1, -0.05) is 29.8 Å². The third-order valence-corrected chi connectivity index (χ3v) is 4.96. The Hall–Kier alpha value is -3.71. The van der Waals surface area contributed by atoms with E-state index in [-0.39, 0.29) is 17.2 Å². The zero-order valence-corrected chi connectivity index (χ0v) is 17.7. The lowest BCUT2D eigenvalue weighted by molar-refractivity contribution is -0.115. The molecule has 0 unspecified atom stereocenters. The van der Waals surface area contributed by atoms with Gasteiger partial charge in [-0.15, -0.1) is 0 Å². The predicted octanol–water partition coefficient (Wildman–Crippen LogP) is 5.32. The van der Waals surface area contributed by atoms with Gasteiger partial charge in [0.25, 0.3) is 0 Å². The smallest absolute Gasteiger partial charge is 0.409 e. The summed E-state index contributed by atoms with van der Waals surface area (Å²) in [6.07, 6.45) is 0.00544. The number of carbonyl (C=O) groups is 3. The van der Waals surface area contributed by atoms with Crippen molar-refractivity contribution in [1.29, 1.82) is 0 Å². The van der Waals surface area contributed by atoms with Gasteiger partial charge in [-0.3, -0.25) is 19.9 Å². The minimum atomic E-state index is -1.30. The summed E-state index contributed by atoms with van der Waals surface area (Å²) >= 11 is 6.04. The number of nitrogens with zero attached hydrogens (tertiary/aromatic N) is 1. The lowest BCUT2D eigenvalue weighted by Crippen LogP contribution is -2.18. The van der Waals surface area contributed by atoms with Gasteiger partial charge >= 0.3 is 6.09 Å². The maximum atomic E-state index is 12.7. The van der Waals surface area contributed by atoms with E-state index in [1.165, 1.54) is 6.07 Å². The maximum Gasteiger partial charge on any atom is 0.409 e. The van der Waals surface area contributed by atoms with Crippen molar-refractivity contribution in [3.63, 3.8) is 0 Å². The van der Waals surface area contributed by atoms with Crippen LogP contribution in [0.1, 0.15) is 28.0 Å². The molecule has 2 amide bonds. The molecule has 3 N–H and O–H groups in total. The zero-order chi connectivity index (χ0) is 22.5. The molecule has 0 aliphatic heterocycles. The second-order valence-corrected chi connectivity index (χ2v) is 7.40. The molecule has 0 atom stereocenters. The molecular weight excluding hydrogens is 418 g/mol. The van der Waals surface area contributed by atoms with Crippen LogP contribution in [0.15, 0.2) is 54.7 Å². The molecule has 0 saturated carbocycles. The van der Waals surface area contributed by atoms with Gasteiger partial charge in [0.1, 0.15) is 0 Å².